The minimum absolute atomic E-state index is 0.0299. The summed E-state index contributed by atoms with van der Waals surface area (Å²) < 4.78 is 27.7. The van der Waals surface area contributed by atoms with Gasteiger partial charge >= 0.3 is 0 Å². The molecule has 0 radical (unpaired) electrons. The van der Waals surface area contributed by atoms with E-state index in [1.807, 2.05) is 45.0 Å². The maximum absolute atomic E-state index is 12.6. The van der Waals surface area contributed by atoms with Crippen LogP contribution in [0.3, 0.4) is 0 Å². The standard InChI is InChI=1S/C20H24N2O4S.H2S5/c1-13(2)19-12-18(20(23)22(19)24)21-27(25,26)17-10-8-16(9-11-17)15-6-4-14(3)5-7-15;1-3-5-4-2/h4-11,13,18-19,21,24H,12H2,1-3H3;1-2H/t18-,19+;/m1./s1. The van der Waals surface area contributed by atoms with Gasteiger partial charge < -0.3 is 0 Å². The van der Waals surface area contributed by atoms with Crippen LogP contribution in [0, 0.1) is 12.8 Å². The maximum Gasteiger partial charge on any atom is 0.264 e. The third-order valence-electron chi connectivity index (χ3n) is 4.99. The summed E-state index contributed by atoms with van der Waals surface area (Å²) in [6.07, 6.45) is 0.244. The van der Waals surface area contributed by atoms with Crippen LogP contribution in [0.1, 0.15) is 25.8 Å². The normalized spacial score (nSPS) is 18.6. The summed E-state index contributed by atoms with van der Waals surface area (Å²) in [7, 11) is 0.460. The van der Waals surface area contributed by atoms with Crippen LogP contribution in [0.15, 0.2) is 53.4 Å². The second-order valence-electron chi connectivity index (χ2n) is 7.51. The average Bonchev–Trinajstić information content (AvgIpc) is 3.04. The van der Waals surface area contributed by atoms with Crippen molar-refractivity contribution in [3.8, 4) is 11.1 Å². The van der Waals surface area contributed by atoms with Crippen LogP contribution in [0.5, 0.6) is 0 Å². The molecule has 3 rings (SSSR count). The topological polar surface area (TPSA) is 86.7 Å². The van der Waals surface area contributed by atoms with Crippen molar-refractivity contribution in [2.75, 3.05) is 0 Å². The molecule has 1 fully saturated rings. The Morgan fingerprint density at radius 2 is 1.53 bits per heavy atom. The summed E-state index contributed by atoms with van der Waals surface area (Å²) in [5.74, 6) is -0.587. The quantitative estimate of drug-likeness (QED) is 0.201. The maximum atomic E-state index is 12.6. The van der Waals surface area contributed by atoms with Gasteiger partial charge in [0.15, 0.2) is 0 Å². The van der Waals surface area contributed by atoms with E-state index in [0.29, 0.717) is 5.06 Å². The molecule has 0 bridgehead atoms. The second kappa shape index (κ2) is 12.8. The molecule has 0 aliphatic carbocycles. The van der Waals surface area contributed by atoms with Crippen LogP contribution >= 0.6 is 52.8 Å². The minimum atomic E-state index is -3.86. The molecular formula is C20H26N2O4S6. The number of rotatable bonds is 7. The summed E-state index contributed by atoms with van der Waals surface area (Å²) >= 11 is 7.62. The molecule has 6 nitrogen and oxygen atoms in total. The average molecular weight is 551 g/mol. The van der Waals surface area contributed by atoms with Crippen molar-refractivity contribution in [1.82, 2.24) is 9.79 Å². The van der Waals surface area contributed by atoms with Crippen molar-refractivity contribution >= 4 is 68.7 Å². The van der Waals surface area contributed by atoms with Crippen molar-refractivity contribution in [3.05, 3.63) is 54.1 Å². The van der Waals surface area contributed by atoms with Gasteiger partial charge in [0.05, 0.1) is 10.9 Å². The number of thiol groups is 2. The highest BCUT2D eigenvalue weighted by molar-refractivity contribution is 9.32. The SMILES string of the molecule is Cc1ccc(-c2ccc(S(=O)(=O)N[C@@H]3C[C@@H](C(C)C)N(O)C3=O)cc2)cc1.SSSSS. The van der Waals surface area contributed by atoms with Crippen molar-refractivity contribution in [2.24, 2.45) is 5.92 Å². The summed E-state index contributed by atoms with van der Waals surface area (Å²) in [5.41, 5.74) is 3.06. The van der Waals surface area contributed by atoms with E-state index >= 15 is 0 Å². The molecule has 1 amide bonds. The van der Waals surface area contributed by atoms with Crippen LogP contribution in [-0.4, -0.2) is 36.7 Å². The van der Waals surface area contributed by atoms with Gasteiger partial charge in [0.2, 0.25) is 10.0 Å². The molecule has 1 aliphatic heterocycles. The highest BCUT2D eigenvalue weighted by Crippen LogP contribution is 2.38. The molecule has 2 atom stereocenters. The first-order chi connectivity index (χ1) is 15.1. The monoisotopic (exact) mass is 550 g/mol. The van der Waals surface area contributed by atoms with Crippen molar-refractivity contribution in [1.29, 1.82) is 0 Å². The Hall–Kier alpha value is -0.470. The number of benzene rings is 2. The van der Waals surface area contributed by atoms with Gasteiger partial charge in [-0.05, 0) is 72.0 Å². The Labute approximate surface area is 211 Å². The third kappa shape index (κ3) is 7.52. The fourth-order valence-corrected chi connectivity index (χ4v) is 7.76. The van der Waals surface area contributed by atoms with E-state index in [-0.39, 0.29) is 17.2 Å². The molecule has 0 spiro atoms. The molecule has 176 valence electrons. The van der Waals surface area contributed by atoms with Gasteiger partial charge in [0.25, 0.3) is 5.91 Å². The molecule has 2 N–H and O–H groups in total. The van der Waals surface area contributed by atoms with E-state index in [0.717, 1.165) is 16.7 Å². The second-order valence-corrected chi connectivity index (χ2v) is 14.9. The van der Waals surface area contributed by atoms with E-state index in [9.17, 15) is 18.4 Å². The van der Waals surface area contributed by atoms with Crippen LogP contribution in [0.2, 0.25) is 0 Å². The van der Waals surface area contributed by atoms with Gasteiger partial charge in [-0.3, -0.25) is 10.0 Å². The zero-order valence-corrected chi connectivity index (χ0v) is 22.8. The fourth-order valence-electron chi connectivity index (χ4n) is 3.26. The lowest BCUT2D eigenvalue weighted by molar-refractivity contribution is -0.169. The lowest BCUT2D eigenvalue weighted by Crippen LogP contribution is -2.41. The molecule has 0 unspecified atom stereocenters. The van der Waals surface area contributed by atoms with Gasteiger partial charge in [-0.2, -0.15) is 4.72 Å². The Balaban J connectivity index is 0.000000654. The zero-order valence-electron chi connectivity index (χ0n) is 17.7. The van der Waals surface area contributed by atoms with Gasteiger partial charge in [-0.25, -0.2) is 13.5 Å². The van der Waals surface area contributed by atoms with E-state index in [4.69, 9.17) is 0 Å². The highest BCUT2D eigenvalue weighted by Gasteiger charge is 2.42. The van der Waals surface area contributed by atoms with E-state index in [1.165, 1.54) is 41.6 Å². The molecule has 1 saturated heterocycles. The van der Waals surface area contributed by atoms with Crippen LogP contribution < -0.4 is 4.72 Å². The van der Waals surface area contributed by atoms with Gasteiger partial charge in [-0.1, -0.05) is 79.1 Å². The predicted molar refractivity (Wildman–Crippen MR) is 143 cm³/mol. The number of carbonyl (C=O) groups is 1. The lowest BCUT2D eigenvalue weighted by atomic mass is 10.0. The molecule has 2 aromatic carbocycles. The van der Waals surface area contributed by atoms with Crippen LogP contribution in [0.4, 0.5) is 0 Å². The lowest BCUT2D eigenvalue weighted by Gasteiger charge is -2.20. The fraction of sp³-hybridized carbons (Fsp3) is 0.350. The summed E-state index contributed by atoms with van der Waals surface area (Å²) in [6, 6.07) is 13.1. The van der Waals surface area contributed by atoms with Crippen LogP contribution in [0.25, 0.3) is 11.1 Å². The number of sulfonamides is 1. The number of hydrogen-bond acceptors (Lipinski definition) is 9. The number of aryl methyl sites for hydroxylation is 1. The van der Waals surface area contributed by atoms with Crippen LogP contribution in [-0.2, 0) is 14.8 Å². The molecule has 1 aliphatic rings. The van der Waals surface area contributed by atoms with Crippen molar-refractivity contribution in [3.63, 3.8) is 0 Å². The van der Waals surface area contributed by atoms with Gasteiger partial charge in [0, 0.05) is 0 Å². The number of amides is 1. The Bertz CT molecular complexity index is 982. The first-order valence-electron chi connectivity index (χ1n) is 9.60. The Kier molecular flexibility index (Phi) is 11.1. The molecule has 1 heterocycles. The Morgan fingerprint density at radius 1 is 1.03 bits per heavy atom. The zero-order chi connectivity index (χ0) is 23.9. The summed E-state index contributed by atoms with van der Waals surface area (Å²) in [4.78, 5) is 12.2. The van der Waals surface area contributed by atoms with E-state index < -0.39 is 28.0 Å². The van der Waals surface area contributed by atoms with Crippen molar-refractivity contribution in [2.45, 2.75) is 44.2 Å². The van der Waals surface area contributed by atoms with Crippen molar-refractivity contribution < 1.29 is 18.4 Å². The first-order valence-corrected chi connectivity index (χ1v) is 16.7. The van der Waals surface area contributed by atoms with E-state index in [1.54, 1.807) is 12.1 Å². The highest BCUT2D eigenvalue weighted by atomic mass is 33.8. The molecular weight excluding hydrogens is 525 g/mol. The molecule has 2 aromatic rings. The summed E-state index contributed by atoms with van der Waals surface area (Å²) in [5, 5.41) is 10.5. The number of carbonyl (C=O) groups excluding carboxylic acids is 1. The molecule has 0 saturated carbocycles. The van der Waals surface area contributed by atoms with E-state index in [2.05, 4.69) is 28.0 Å². The first kappa shape index (κ1) is 27.8. The predicted octanol–water partition coefficient (Wildman–Crippen LogP) is 5.66. The smallest absolute Gasteiger partial charge is 0.264 e. The van der Waals surface area contributed by atoms with Gasteiger partial charge in [0.1, 0.15) is 6.04 Å². The minimum Gasteiger partial charge on any atom is -0.286 e. The Morgan fingerprint density at radius 3 is 1.94 bits per heavy atom. The number of nitrogens with one attached hydrogen (secondary N) is 1. The molecule has 12 heteroatoms. The summed E-state index contributed by atoms with van der Waals surface area (Å²) in [6.45, 7) is 5.76. The molecule has 0 aromatic heterocycles. The largest absolute Gasteiger partial charge is 0.286 e. The van der Waals surface area contributed by atoms with Gasteiger partial charge in [-0.15, -0.1) is 0 Å². The number of nitrogens with zero attached hydrogens (tertiary/aromatic N) is 1. The molecule has 32 heavy (non-hydrogen) atoms. The third-order valence-corrected chi connectivity index (χ3v) is 11.3. The number of hydrogen-bond donors (Lipinski definition) is 4. The number of hydroxylamine groups is 2.